The van der Waals surface area contributed by atoms with Gasteiger partial charge < -0.3 is 4.90 Å². The van der Waals surface area contributed by atoms with Crippen LogP contribution < -0.4 is 16.0 Å². The fourth-order valence-corrected chi connectivity index (χ4v) is 5.26. The summed E-state index contributed by atoms with van der Waals surface area (Å²) in [6.07, 6.45) is 2.44. The fourth-order valence-electron chi connectivity index (χ4n) is 4.14. The van der Waals surface area contributed by atoms with Gasteiger partial charge in [0.1, 0.15) is 6.54 Å². The summed E-state index contributed by atoms with van der Waals surface area (Å²) in [6, 6.07) is 11.1. The summed E-state index contributed by atoms with van der Waals surface area (Å²) in [7, 11) is -2.50. The molecule has 4 rings (SSSR count). The molecular weight excluding hydrogens is 444 g/mol. The maximum atomic E-state index is 13.2. The largest absolute Gasteiger partial charge is 0.341 e. The van der Waals surface area contributed by atoms with Crippen molar-refractivity contribution in [3.05, 3.63) is 68.9 Å². The minimum atomic E-state index is -3.99. The van der Waals surface area contributed by atoms with Crippen LogP contribution >= 0.6 is 0 Å². The number of aromatic nitrogens is 2. The van der Waals surface area contributed by atoms with E-state index in [1.807, 2.05) is 19.1 Å². The van der Waals surface area contributed by atoms with Crippen LogP contribution in [-0.2, 0) is 34.8 Å². The molecule has 1 amide bonds. The number of aryl methyl sites for hydroxylation is 2. The number of anilines is 1. The molecule has 1 saturated heterocycles. The maximum Gasteiger partial charge on any atom is 0.331 e. The predicted octanol–water partition coefficient (Wildman–Crippen LogP) is 1.69. The number of nitrogens with one attached hydrogen (secondary N) is 1. The highest BCUT2D eigenvalue weighted by Crippen LogP contribution is 2.22. The molecule has 1 aromatic heterocycles. The third-order valence-electron chi connectivity index (χ3n) is 6.03. The first-order valence-electron chi connectivity index (χ1n) is 10.8. The number of sulfonamides is 1. The van der Waals surface area contributed by atoms with Crippen molar-refractivity contribution in [3.8, 4) is 0 Å². The van der Waals surface area contributed by atoms with Crippen LogP contribution in [0.2, 0.25) is 0 Å². The topological polar surface area (TPSA) is 110 Å². The minimum absolute atomic E-state index is 0.0537. The molecule has 0 unspecified atom stereocenters. The quantitative estimate of drug-likeness (QED) is 0.589. The Morgan fingerprint density at radius 1 is 1.06 bits per heavy atom. The smallest absolute Gasteiger partial charge is 0.331 e. The summed E-state index contributed by atoms with van der Waals surface area (Å²) in [5.41, 5.74) is 0.293. The number of fused-ring (bicyclic) bond motifs is 1. The molecule has 0 aliphatic carbocycles. The minimum Gasteiger partial charge on any atom is -0.341 e. The molecule has 174 valence electrons. The van der Waals surface area contributed by atoms with Gasteiger partial charge in [-0.3, -0.25) is 23.4 Å². The molecule has 3 aromatic rings. The second-order valence-electron chi connectivity index (χ2n) is 8.12. The molecule has 1 aliphatic rings. The summed E-state index contributed by atoms with van der Waals surface area (Å²) < 4.78 is 30.8. The van der Waals surface area contributed by atoms with Crippen molar-refractivity contribution in [2.24, 2.45) is 7.05 Å². The lowest BCUT2D eigenvalue weighted by atomic mass is 10.1. The summed E-state index contributed by atoms with van der Waals surface area (Å²) in [6.45, 7) is 2.76. The third-order valence-corrected chi connectivity index (χ3v) is 7.39. The summed E-state index contributed by atoms with van der Waals surface area (Å²) in [5, 5.41) is 0.0537. The van der Waals surface area contributed by atoms with Gasteiger partial charge in [0, 0.05) is 20.1 Å². The monoisotopic (exact) mass is 470 g/mol. The number of amides is 1. The van der Waals surface area contributed by atoms with Crippen LogP contribution in [0.15, 0.2) is 56.9 Å². The van der Waals surface area contributed by atoms with Crippen molar-refractivity contribution in [3.63, 3.8) is 0 Å². The molecule has 1 aliphatic heterocycles. The van der Waals surface area contributed by atoms with Gasteiger partial charge in [-0.1, -0.05) is 25.1 Å². The molecule has 1 N–H and O–H groups in total. The van der Waals surface area contributed by atoms with E-state index in [-0.39, 0.29) is 22.7 Å². The average Bonchev–Trinajstić information content (AvgIpc) is 3.35. The lowest BCUT2D eigenvalue weighted by Crippen LogP contribution is -2.43. The number of rotatable bonds is 6. The molecule has 0 bridgehead atoms. The molecular formula is C23H26N4O5S. The Hall–Kier alpha value is -3.40. The van der Waals surface area contributed by atoms with E-state index < -0.39 is 21.3 Å². The van der Waals surface area contributed by atoms with Crippen molar-refractivity contribution in [2.75, 3.05) is 17.8 Å². The molecule has 10 heteroatoms. The van der Waals surface area contributed by atoms with E-state index in [0.717, 1.165) is 23.0 Å². The van der Waals surface area contributed by atoms with Gasteiger partial charge in [0.2, 0.25) is 5.91 Å². The number of nitrogens with zero attached hydrogens (tertiary/aromatic N) is 3. The normalized spacial score (nSPS) is 14.1. The summed E-state index contributed by atoms with van der Waals surface area (Å²) in [5.74, 6) is -0.298. The van der Waals surface area contributed by atoms with Gasteiger partial charge in [-0.15, -0.1) is 0 Å². The van der Waals surface area contributed by atoms with Gasteiger partial charge in [0.15, 0.2) is 0 Å². The second-order valence-corrected chi connectivity index (χ2v) is 9.80. The fraction of sp³-hybridized carbons (Fsp3) is 0.348. The molecule has 33 heavy (non-hydrogen) atoms. The van der Waals surface area contributed by atoms with Crippen LogP contribution in [0.25, 0.3) is 10.9 Å². The van der Waals surface area contributed by atoms with Crippen molar-refractivity contribution >= 4 is 32.5 Å². The van der Waals surface area contributed by atoms with Gasteiger partial charge in [0.05, 0.1) is 21.5 Å². The van der Waals surface area contributed by atoms with E-state index in [1.165, 1.54) is 29.8 Å². The zero-order valence-electron chi connectivity index (χ0n) is 18.6. The Morgan fingerprint density at radius 3 is 2.45 bits per heavy atom. The Balaban J connectivity index is 1.77. The van der Waals surface area contributed by atoms with E-state index >= 15 is 0 Å². The average molecular weight is 471 g/mol. The SMILES string of the molecule is CCc1ccccc1NS(=O)(=O)c1ccc2c(c1)c(=O)n(CC(=O)N1CCCC1)c(=O)n2C. The van der Waals surface area contributed by atoms with Gasteiger partial charge in [0.25, 0.3) is 15.6 Å². The highest BCUT2D eigenvalue weighted by Gasteiger charge is 2.22. The third kappa shape index (κ3) is 4.30. The molecule has 2 aromatic carbocycles. The molecule has 0 spiro atoms. The van der Waals surface area contributed by atoms with E-state index in [2.05, 4.69) is 4.72 Å². The Bertz CT molecular complexity index is 1450. The van der Waals surface area contributed by atoms with Gasteiger partial charge in [-0.05, 0) is 49.1 Å². The van der Waals surface area contributed by atoms with Crippen LogP contribution in [0.4, 0.5) is 5.69 Å². The number of hydrogen-bond donors (Lipinski definition) is 1. The van der Waals surface area contributed by atoms with E-state index in [9.17, 15) is 22.8 Å². The standard InChI is InChI=1S/C23H26N4O5S/c1-3-16-8-4-5-9-19(16)24-33(31,32)17-10-11-20-18(14-17)22(29)27(23(30)25(20)2)15-21(28)26-12-6-7-13-26/h4-5,8-11,14,24H,3,6-7,12-13,15H2,1-2H3. The first-order chi connectivity index (χ1) is 15.7. The van der Waals surface area contributed by atoms with Crippen LogP contribution in [-0.4, -0.2) is 41.4 Å². The predicted molar refractivity (Wildman–Crippen MR) is 126 cm³/mol. The maximum absolute atomic E-state index is 13.2. The highest BCUT2D eigenvalue weighted by molar-refractivity contribution is 7.92. The van der Waals surface area contributed by atoms with Crippen LogP contribution in [0.3, 0.4) is 0 Å². The molecule has 0 saturated carbocycles. The van der Waals surface area contributed by atoms with Crippen molar-refractivity contribution < 1.29 is 13.2 Å². The molecule has 1 fully saturated rings. The van der Waals surface area contributed by atoms with Crippen molar-refractivity contribution in [1.29, 1.82) is 0 Å². The highest BCUT2D eigenvalue weighted by atomic mass is 32.2. The Kier molecular flexibility index (Phi) is 6.11. The lowest BCUT2D eigenvalue weighted by molar-refractivity contribution is -0.130. The Morgan fingerprint density at radius 2 is 1.76 bits per heavy atom. The van der Waals surface area contributed by atoms with E-state index in [0.29, 0.717) is 30.7 Å². The van der Waals surface area contributed by atoms with E-state index in [4.69, 9.17) is 0 Å². The summed E-state index contributed by atoms with van der Waals surface area (Å²) in [4.78, 5) is 40.0. The summed E-state index contributed by atoms with van der Waals surface area (Å²) >= 11 is 0. The van der Waals surface area contributed by atoms with Crippen molar-refractivity contribution in [1.82, 2.24) is 14.0 Å². The van der Waals surface area contributed by atoms with E-state index in [1.54, 1.807) is 17.0 Å². The molecule has 0 atom stereocenters. The Labute approximate surface area is 191 Å². The molecule has 0 radical (unpaired) electrons. The number of likely N-dealkylation sites (tertiary alicyclic amines) is 1. The first kappa shape index (κ1) is 22.8. The number of benzene rings is 2. The van der Waals surface area contributed by atoms with Gasteiger partial charge >= 0.3 is 5.69 Å². The zero-order chi connectivity index (χ0) is 23.8. The molecule has 2 heterocycles. The van der Waals surface area contributed by atoms with Crippen LogP contribution in [0.5, 0.6) is 0 Å². The second kappa shape index (κ2) is 8.86. The van der Waals surface area contributed by atoms with Crippen LogP contribution in [0.1, 0.15) is 25.3 Å². The van der Waals surface area contributed by atoms with Gasteiger partial charge in [-0.2, -0.15) is 0 Å². The number of carbonyl (C=O) groups excluding carboxylic acids is 1. The number of hydrogen-bond acceptors (Lipinski definition) is 5. The lowest BCUT2D eigenvalue weighted by Gasteiger charge is -2.17. The van der Waals surface area contributed by atoms with Crippen molar-refractivity contribution in [2.45, 2.75) is 37.6 Å². The first-order valence-corrected chi connectivity index (χ1v) is 12.3. The number of para-hydroxylation sites is 1. The number of carbonyl (C=O) groups is 1. The zero-order valence-corrected chi connectivity index (χ0v) is 19.4. The van der Waals surface area contributed by atoms with Crippen LogP contribution in [0, 0.1) is 0 Å². The van der Waals surface area contributed by atoms with Gasteiger partial charge in [-0.25, -0.2) is 13.2 Å². The molecule has 9 nitrogen and oxygen atoms in total.